The fraction of sp³-hybridized carbons (Fsp3) is 0. The monoisotopic (exact) mass is 261 g/mol. The van der Waals surface area contributed by atoms with Gasteiger partial charge in [-0.3, -0.25) is 0 Å². The number of hydrogen-bond donors (Lipinski definition) is 0. The van der Waals surface area contributed by atoms with Crippen LogP contribution in [0.3, 0.4) is 0 Å². The van der Waals surface area contributed by atoms with Gasteiger partial charge in [-0.2, -0.15) is 5.26 Å². The fourth-order valence-electron chi connectivity index (χ4n) is 2.05. The number of oxazole rings is 2. The molecule has 4 rings (SSSR count). The normalized spacial score (nSPS) is 10.9. The molecule has 0 N–H and O–H groups in total. The van der Waals surface area contributed by atoms with Crippen molar-refractivity contribution in [1.29, 1.82) is 5.26 Å². The Bertz CT molecular complexity index is 943. The first-order valence-corrected chi connectivity index (χ1v) is 6.00. The third kappa shape index (κ3) is 1.56. The molecule has 5 heteroatoms. The van der Waals surface area contributed by atoms with E-state index in [0.717, 1.165) is 5.52 Å². The highest BCUT2D eigenvalue weighted by Gasteiger charge is 2.15. The van der Waals surface area contributed by atoms with Gasteiger partial charge in [-0.15, -0.1) is 0 Å². The SMILES string of the molecule is N#Cc1ccc2oc(-c3nc4ccccc4o3)nc2c1. The van der Waals surface area contributed by atoms with Gasteiger partial charge >= 0.3 is 0 Å². The third-order valence-corrected chi connectivity index (χ3v) is 2.99. The van der Waals surface area contributed by atoms with Crippen molar-refractivity contribution in [2.75, 3.05) is 0 Å². The van der Waals surface area contributed by atoms with E-state index >= 15 is 0 Å². The maximum atomic E-state index is 8.88. The minimum Gasteiger partial charge on any atom is -0.432 e. The second-order valence-corrected chi connectivity index (χ2v) is 4.30. The van der Waals surface area contributed by atoms with Crippen LogP contribution < -0.4 is 0 Å². The first-order valence-electron chi connectivity index (χ1n) is 6.00. The van der Waals surface area contributed by atoms with Crippen LogP contribution in [0.15, 0.2) is 51.3 Å². The Morgan fingerprint density at radius 1 is 0.850 bits per heavy atom. The topological polar surface area (TPSA) is 75.8 Å². The molecule has 0 radical (unpaired) electrons. The van der Waals surface area contributed by atoms with Gasteiger partial charge < -0.3 is 8.83 Å². The second-order valence-electron chi connectivity index (χ2n) is 4.30. The summed E-state index contributed by atoms with van der Waals surface area (Å²) in [6, 6.07) is 14.6. The van der Waals surface area contributed by atoms with E-state index in [9.17, 15) is 0 Å². The Hall–Kier alpha value is -3.13. The molecule has 20 heavy (non-hydrogen) atoms. The molecule has 5 nitrogen and oxygen atoms in total. The summed E-state index contributed by atoms with van der Waals surface area (Å²) < 4.78 is 11.2. The van der Waals surface area contributed by atoms with Crippen molar-refractivity contribution >= 4 is 22.2 Å². The lowest BCUT2D eigenvalue weighted by Gasteiger charge is -1.85. The van der Waals surface area contributed by atoms with Crippen LogP contribution in [0.5, 0.6) is 0 Å². The van der Waals surface area contributed by atoms with Crippen LogP contribution in [0.2, 0.25) is 0 Å². The smallest absolute Gasteiger partial charge is 0.284 e. The van der Waals surface area contributed by atoms with Crippen molar-refractivity contribution in [3.8, 4) is 17.9 Å². The molecule has 4 aromatic rings. The minimum atomic E-state index is 0.311. The van der Waals surface area contributed by atoms with Gasteiger partial charge in [0.15, 0.2) is 11.2 Å². The Balaban J connectivity index is 1.91. The number of nitrogens with zero attached hydrogens (tertiary/aromatic N) is 3. The van der Waals surface area contributed by atoms with Crippen LogP contribution >= 0.6 is 0 Å². The Morgan fingerprint density at radius 3 is 2.30 bits per heavy atom. The summed E-state index contributed by atoms with van der Waals surface area (Å²) in [6.07, 6.45) is 0. The molecule has 0 bridgehead atoms. The second kappa shape index (κ2) is 3.93. The number of para-hydroxylation sites is 2. The summed E-state index contributed by atoms with van der Waals surface area (Å²) in [7, 11) is 0. The highest BCUT2D eigenvalue weighted by molar-refractivity contribution is 5.78. The fourth-order valence-corrected chi connectivity index (χ4v) is 2.05. The first-order chi connectivity index (χ1) is 9.83. The van der Waals surface area contributed by atoms with E-state index in [-0.39, 0.29) is 0 Å². The van der Waals surface area contributed by atoms with Gasteiger partial charge in [0, 0.05) is 0 Å². The number of rotatable bonds is 1. The lowest BCUT2D eigenvalue weighted by atomic mass is 10.2. The molecule has 0 aliphatic rings. The molecule has 0 aliphatic carbocycles. The number of aromatic nitrogens is 2. The summed E-state index contributed by atoms with van der Waals surface area (Å²) in [5, 5.41) is 8.88. The molecular formula is C15H7N3O2. The van der Waals surface area contributed by atoms with Gasteiger partial charge in [-0.1, -0.05) is 12.1 Å². The molecule has 2 aromatic heterocycles. The van der Waals surface area contributed by atoms with Crippen molar-refractivity contribution < 1.29 is 8.83 Å². The molecule has 94 valence electrons. The lowest BCUT2D eigenvalue weighted by Crippen LogP contribution is -1.76. The molecule has 0 aliphatic heterocycles. The average Bonchev–Trinajstić information content (AvgIpc) is 3.09. The van der Waals surface area contributed by atoms with Gasteiger partial charge in [0.2, 0.25) is 0 Å². The Labute approximate surface area is 113 Å². The molecule has 2 aromatic carbocycles. The molecule has 0 amide bonds. The van der Waals surface area contributed by atoms with Gasteiger partial charge in [0.1, 0.15) is 11.0 Å². The predicted molar refractivity (Wildman–Crippen MR) is 71.7 cm³/mol. The number of hydrogen-bond acceptors (Lipinski definition) is 5. The molecule has 0 saturated carbocycles. The van der Waals surface area contributed by atoms with E-state index in [1.165, 1.54) is 0 Å². The van der Waals surface area contributed by atoms with Crippen LogP contribution in [0, 0.1) is 11.3 Å². The first kappa shape index (κ1) is 10.8. The largest absolute Gasteiger partial charge is 0.432 e. The molecular weight excluding hydrogens is 254 g/mol. The number of nitriles is 1. The Kier molecular flexibility index (Phi) is 2.12. The summed E-state index contributed by atoms with van der Waals surface area (Å²) >= 11 is 0. The van der Waals surface area contributed by atoms with Crippen molar-refractivity contribution in [2.45, 2.75) is 0 Å². The molecule has 0 saturated heterocycles. The van der Waals surface area contributed by atoms with E-state index in [0.29, 0.717) is 34.0 Å². The standard InChI is InChI=1S/C15H7N3O2/c16-8-9-5-6-13-11(7-9)18-15(20-13)14-17-10-3-1-2-4-12(10)19-14/h1-7H. The van der Waals surface area contributed by atoms with Crippen molar-refractivity contribution in [3.05, 3.63) is 48.0 Å². The third-order valence-electron chi connectivity index (χ3n) is 2.99. The van der Waals surface area contributed by atoms with Crippen LogP contribution in [0.25, 0.3) is 34.0 Å². The summed E-state index contributed by atoms with van der Waals surface area (Å²) in [5.74, 6) is 0.646. The van der Waals surface area contributed by atoms with Crippen LogP contribution in [-0.2, 0) is 0 Å². The van der Waals surface area contributed by atoms with Crippen molar-refractivity contribution in [3.63, 3.8) is 0 Å². The average molecular weight is 261 g/mol. The molecule has 0 unspecified atom stereocenters. The van der Waals surface area contributed by atoms with Gasteiger partial charge in [-0.25, -0.2) is 9.97 Å². The number of benzene rings is 2. The van der Waals surface area contributed by atoms with Gasteiger partial charge in [0.25, 0.3) is 11.8 Å². The zero-order valence-corrected chi connectivity index (χ0v) is 10.2. The quantitative estimate of drug-likeness (QED) is 0.524. The summed E-state index contributed by atoms with van der Waals surface area (Å²) in [5.41, 5.74) is 3.18. The maximum Gasteiger partial charge on any atom is 0.284 e. The summed E-state index contributed by atoms with van der Waals surface area (Å²) in [4.78, 5) is 8.65. The highest BCUT2D eigenvalue weighted by Crippen LogP contribution is 2.27. The zero-order valence-electron chi connectivity index (χ0n) is 10.2. The van der Waals surface area contributed by atoms with Crippen LogP contribution in [0.4, 0.5) is 0 Å². The van der Waals surface area contributed by atoms with E-state index in [1.807, 2.05) is 24.3 Å². The molecule has 2 heterocycles. The maximum absolute atomic E-state index is 8.88. The molecule has 0 spiro atoms. The van der Waals surface area contributed by atoms with Gasteiger partial charge in [-0.05, 0) is 30.3 Å². The van der Waals surface area contributed by atoms with Crippen LogP contribution in [-0.4, -0.2) is 9.97 Å². The van der Waals surface area contributed by atoms with E-state index < -0.39 is 0 Å². The van der Waals surface area contributed by atoms with E-state index in [1.54, 1.807) is 18.2 Å². The van der Waals surface area contributed by atoms with Crippen molar-refractivity contribution in [1.82, 2.24) is 9.97 Å². The van der Waals surface area contributed by atoms with Crippen molar-refractivity contribution in [2.24, 2.45) is 0 Å². The zero-order chi connectivity index (χ0) is 13.5. The molecule has 0 fully saturated rings. The highest BCUT2D eigenvalue weighted by atomic mass is 16.4. The number of fused-ring (bicyclic) bond motifs is 2. The predicted octanol–water partition coefficient (Wildman–Crippen LogP) is 3.51. The van der Waals surface area contributed by atoms with E-state index in [4.69, 9.17) is 14.1 Å². The Morgan fingerprint density at radius 2 is 1.55 bits per heavy atom. The summed E-state index contributed by atoms with van der Waals surface area (Å²) in [6.45, 7) is 0. The molecule has 0 atom stereocenters. The lowest BCUT2D eigenvalue weighted by molar-refractivity contribution is 0.550. The van der Waals surface area contributed by atoms with Crippen LogP contribution in [0.1, 0.15) is 5.56 Å². The van der Waals surface area contributed by atoms with E-state index in [2.05, 4.69) is 16.0 Å². The minimum absolute atomic E-state index is 0.311. The van der Waals surface area contributed by atoms with Gasteiger partial charge in [0.05, 0.1) is 11.6 Å².